The van der Waals surface area contributed by atoms with E-state index in [1.807, 2.05) is 18.2 Å². The number of pyridine rings is 1. The molecule has 0 saturated heterocycles. The van der Waals surface area contributed by atoms with Crippen LogP contribution in [-0.2, 0) is 24.2 Å². The molecule has 3 heterocycles. The Morgan fingerprint density at radius 2 is 2.00 bits per heavy atom. The second-order valence-electron chi connectivity index (χ2n) is 9.79. The summed E-state index contributed by atoms with van der Waals surface area (Å²) in [5.41, 5.74) is 4.80. The van der Waals surface area contributed by atoms with Gasteiger partial charge in [0.1, 0.15) is 0 Å². The number of hydrogen-bond acceptors (Lipinski definition) is 4. The van der Waals surface area contributed by atoms with Gasteiger partial charge >= 0.3 is 0 Å². The quantitative estimate of drug-likeness (QED) is 0.436. The molecular formula is C28H27F2N3O3. The topological polar surface area (TPSA) is 78.5 Å². The number of amides is 1. The maximum Gasteiger partial charge on any atom is 0.228 e. The molecule has 2 aromatic carbocycles. The first-order valence-corrected chi connectivity index (χ1v) is 12.3. The minimum atomic E-state index is -0.759. The van der Waals surface area contributed by atoms with E-state index in [0.717, 1.165) is 39.5 Å². The van der Waals surface area contributed by atoms with Crippen LogP contribution in [0.2, 0.25) is 0 Å². The minimum Gasteiger partial charge on any atom is -0.491 e. The van der Waals surface area contributed by atoms with Crippen molar-refractivity contribution in [3.8, 4) is 5.75 Å². The number of carbonyl (C=O) groups excluding carboxylic acids is 1. The van der Waals surface area contributed by atoms with Crippen LogP contribution in [0.1, 0.15) is 41.8 Å². The molecule has 0 spiro atoms. The zero-order chi connectivity index (χ0) is 25.0. The zero-order valence-corrected chi connectivity index (χ0v) is 20.0. The Labute approximate surface area is 206 Å². The van der Waals surface area contributed by atoms with Gasteiger partial charge in [-0.2, -0.15) is 0 Å². The maximum atomic E-state index is 14.4. The fourth-order valence-electron chi connectivity index (χ4n) is 5.89. The van der Waals surface area contributed by atoms with Crippen LogP contribution in [0.15, 0.2) is 36.4 Å². The first-order valence-electron chi connectivity index (χ1n) is 12.3. The molecule has 0 radical (unpaired) electrons. The predicted molar refractivity (Wildman–Crippen MR) is 132 cm³/mol. The number of aliphatic hydroxyl groups excluding tert-OH is 1. The lowest BCUT2D eigenvalue weighted by atomic mass is 9.95. The van der Waals surface area contributed by atoms with Gasteiger partial charge in [0.15, 0.2) is 17.4 Å². The van der Waals surface area contributed by atoms with Gasteiger partial charge in [0, 0.05) is 29.3 Å². The van der Waals surface area contributed by atoms with Crippen LogP contribution < -0.4 is 4.74 Å². The second kappa shape index (κ2) is 8.85. The van der Waals surface area contributed by atoms with Crippen LogP contribution in [0, 0.1) is 17.6 Å². The van der Waals surface area contributed by atoms with E-state index in [4.69, 9.17) is 9.72 Å². The van der Waals surface area contributed by atoms with E-state index < -0.39 is 23.5 Å². The van der Waals surface area contributed by atoms with E-state index in [1.165, 1.54) is 19.2 Å². The highest BCUT2D eigenvalue weighted by molar-refractivity contribution is 6.10. The molecule has 8 heteroatoms. The van der Waals surface area contributed by atoms with Gasteiger partial charge in [-0.1, -0.05) is 18.2 Å². The third-order valence-electron chi connectivity index (χ3n) is 7.63. The standard InChI is InChI=1S/C28H27F2N3O3/c1-36-27-19(29)11-15(12-20(27)30)13-22-26-25(16-5-2-3-7-21(16)32-26)17-9-10-33(14-23(17)31-22)28(35)18-6-4-8-24(18)34/h2-3,5,7,11-12,18,24,32,34H,4,6,8-10,13-14H2,1H3. The van der Waals surface area contributed by atoms with Crippen molar-refractivity contribution in [2.45, 2.75) is 44.8 Å². The number of aliphatic hydroxyl groups is 1. The number of para-hydroxylation sites is 1. The number of carbonyl (C=O) groups is 1. The molecule has 1 fully saturated rings. The molecule has 1 amide bonds. The molecule has 1 aliphatic carbocycles. The van der Waals surface area contributed by atoms with Crippen LogP contribution in [0.4, 0.5) is 8.78 Å². The largest absolute Gasteiger partial charge is 0.491 e. The van der Waals surface area contributed by atoms with E-state index in [-0.39, 0.29) is 18.2 Å². The SMILES string of the molecule is COc1c(F)cc(Cc2nc3c(c4c2[nH]c2ccccc24)CCN(C(=O)C2CCCC2O)C3)cc1F. The highest BCUT2D eigenvalue weighted by Gasteiger charge is 2.36. The smallest absolute Gasteiger partial charge is 0.228 e. The molecule has 1 aliphatic heterocycles. The Morgan fingerprint density at radius 3 is 2.72 bits per heavy atom. The molecule has 2 N–H and O–H groups in total. The number of aromatic nitrogens is 2. The Kier molecular flexibility index (Phi) is 5.63. The van der Waals surface area contributed by atoms with Crippen LogP contribution >= 0.6 is 0 Å². The number of halogens is 2. The van der Waals surface area contributed by atoms with Crippen LogP contribution in [0.3, 0.4) is 0 Å². The van der Waals surface area contributed by atoms with Gasteiger partial charge in [-0.3, -0.25) is 9.78 Å². The molecule has 2 unspecified atom stereocenters. The number of rotatable bonds is 4. The van der Waals surface area contributed by atoms with Crippen LogP contribution in [0.5, 0.6) is 5.75 Å². The third-order valence-corrected chi connectivity index (χ3v) is 7.63. The van der Waals surface area contributed by atoms with E-state index in [0.29, 0.717) is 43.6 Å². The number of ether oxygens (including phenoxy) is 1. The van der Waals surface area contributed by atoms with Crippen molar-refractivity contribution in [2.75, 3.05) is 13.7 Å². The molecule has 2 aliphatic rings. The molecule has 1 saturated carbocycles. The summed E-state index contributed by atoms with van der Waals surface area (Å²) in [5, 5.41) is 12.4. The lowest BCUT2D eigenvalue weighted by molar-refractivity contribution is -0.139. The molecule has 0 bridgehead atoms. The molecule has 2 aromatic heterocycles. The molecule has 6 nitrogen and oxygen atoms in total. The number of benzene rings is 2. The van der Waals surface area contributed by atoms with Crippen LogP contribution in [0.25, 0.3) is 21.8 Å². The second-order valence-corrected chi connectivity index (χ2v) is 9.79. The van der Waals surface area contributed by atoms with E-state index in [9.17, 15) is 18.7 Å². The number of nitrogens with zero attached hydrogens (tertiary/aromatic N) is 2. The Bertz CT molecular complexity index is 1480. The van der Waals surface area contributed by atoms with Crippen molar-refractivity contribution in [2.24, 2.45) is 5.92 Å². The first kappa shape index (κ1) is 22.9. The van der Waals surface area contributed by atoms with E-state index >= 15 is 0 Å². The number of H-pyrrole nitrogens is 1. The van der Waals surface area contributed by atoms with Gasteiger partial charge in [0.25, 0.3) is 0 Å². The summed E-state index contributed by atoms with van der Waals surface area (Å²) in [6.45, 7) is 0.921. The third kappa shape index (κ3) is 3.71. The van der Waals surface area contributed by atoms with E-state index in [2.05, 4.69) is 11.1 Å². The molecule has 186 valence electrons. The highest BCUT2D eigenvalue weighted by Crippen LogP contribution is 2.36. The summed E-state index contributed by atoms with van der Waals surface area (Å²) in [7, 11) is 1.23. The highest BCUT2D eigenvalue weighted by atomic mass is 19.1. The maximum absolute atomic E-state index is 14.4. The molecule has 36 heavy (non-hydrogen) atoms. The predicted octanol–water partition coefficient (Wildman–Crippen LogP) is 4.64. The normalized spacial score (nSPS) is 19.7. The van der Waals surface area contributed by atoms with Crippen molar-refractivity contribution in [1.29, 1.82) is 0 Å². The Morgan fingerprint density at radius 1 is 1.22 bits per heavy atom. The van der Waals surface area contributed by atoms with Crippen molar-refractivity contribution in [1.82, 2.24) is 14.9 Å². The zero-order valence-electron chi connectivity index (χ0n) is 20.0. The molecule has 2 atom stereocenters. The monoisotopic (exact) mass is 491 g/mol. The fourth-order valence-corrected chi connectivity index (χ4v) is 5.89. The summed E-state index contributed by atoms with van der Waals surface area (Å²) in [6, 6.07) is 10.5. The lowest BCUT2D eigenvalue weighted by Gasteiger charge is -2.32. The number of aromatic amines is 1. The Balaban J connectivity index is 1.45. The van der Waals surface area contributed by atoms with Gasteiger partial charge in [0.05, 0.1) is 42.6 Å². The summed E-state index contributed by atoms with van der Waals surface area (Å²) in [5.74, 6) is -2.30. The van der Waals surface area contributed by atoms with E-state index in [1.54, 1.807) is 4.90 Å². The number of hydrogen-bond donors (Lipinski definition) is 2. The van der Waals surface area contributed by atoms with Crippen molar-refractivity contribution in [3.63, 3.8) is 0 Å². The molecular weight excluding hydrogens is 464 g/mol. The van der Waals surface area contributed by atoms with Gasteiger partial charge in [0.2, 0.25) is 5.91 Å². The summed E-state index contributed by atoms with van der Waals surface area (Å²) in [6.07, 6.45) is 2.51. The van der Waals surface area contributed by atoms with Gasteiger partial charge in [-0.05, 0) is 55.0 Å². The molecule has 6 rings (SSSR count). The summed E-state index contributed by atoms with van der Waals surface area (Å²) in [4.78, 5) is 23.4. The lowest BCUT2D eigenvalue weighted by Crippen LogP contribution is -2.42. The first-order chi connectivity index (χ1) is 17.4. The average molecular weight is 492 g/mol. The van der Waals surface area contributed by atoms with Gasteiger partial charge in [-0.25, -0.2) is 8.78 Å². The average Bonchev–Trinajstić information content (AvgIpc) is 3.47. The summed E-state index contributed by atoms with van der Waals surface area (Å²) < 4.78 is 33.7. The molecule has 4 aromatic rings. The van der Waals surface area contributed by atoms with Crippen LogP contribution in [-0.4, -0.2) is 45.6 Å². The minimum absolute atomic E-state index is 0.0210. The Hall–Kier alpha value is -3.52. The fraction of sp³-hybridized carbons (Fsp3) is 0.357. The van der Waals surface area contributed by atoms with Crippen molar-refractivity contribution in [3.05, 3.63) is 70.5 Å². The van der Waals surface area contributed by atoms with Crippen molar-refractivity contribution < 1.29 is 23.4 Å². The number of fused-ring (bicyclic) bond motifs is 5. The number of methoxy groups -OCH3 is 1. The number of nitrogens with one attached hydrogen (secondary N) is 1. The van der Waals surface area contributed by atoms with Gasteiger partial charge in [-0.15, -0.1) is 0 Å². The van der Waals surface area contributed by atoms with Gasteiger partial charge < -0.3 is 19.7 Å². The summed E-state index contributed by atoms with van der Waals surface area (Å²) >= 11 is 0. The van der Waals surface area contributed by atoms with Crippen molar-refractivity contribution >= 4 is 27.7 Å².